The molecule has 5 nitrogen and oxygen atoms in total. The first-order chi connectivity index (χ1) is 10.5. The zero-order chi connectivity index (χ0) is 15.7. The Morgan fingerprint density at radius 2 is 2.09 bits per heavy atom. The minimum absolute atomic E-state index is 0. The molecule has 126 valence electrons. The van der Waals surface area contributed by atoms with Crippen LogP contribution in [-0.2, 0) is 4.79 Å². The highest BCUT2D eigenvalue weighted by molar-refractivity contribution is 5.97. The average molecular weight is 338 g/mol. The Morgan fingerprint density at radius 3 is 2.78 bits per heavy atom. The molecule has 0 bridgehead atoms. The predicted molar refractivity (Wildman–Crippen MR) is 93.0 cm³/mol. The summed E-state index contributed by atoms with van der Waals surface area (Å²) < 4.78 is 0. The molecule has 1 amide bonds. The summed E-state index contributed by atoms with van der Waals surface area (Å²) in [4.78, 5) is 25.7. The van der Waals surface area contributed by atoms with Gasteiger partial charge in [-0.05, 0) is 43.7 Å². The van der Waals surface area contributed by atoms with Crippen LogP contribution in [0.3, 0.4) is 0 Å². The molecule has 0 radical (unpaired) electrons. The van der Waals surface area contributed by atoms with E-state index in [1.807, 2.05) is 0 Å². The number of likely N-dealkylation sites (tertiary alicyclic amines) is 1. The molecule has 1 aliphatic carbocycles. The van der Waals surface area contributed by atoms with Gasteiger partial charge in [0.05, 0.1) is 6.54 Å². The number of anilines is 1. The van der Waals surface area contributed by atoms with E-state index in [-0.39, 0.29) is 24.1 Å². The zero-order valence-electron chi connectivity index (χ0n) is 13.3. The number of Topliss-reactive ketones (excluding diaryl/α,β-unsaturated/α-hetero) is 1. The van der Waals surface area contributed by atoms with Gasteiger partial charge in [0.25, 0.3) is 0 Å². The quantitative estimate of drug-likeness (QED) is 0.823. The highest BCUT2D eigenvalue weighted by Crippen LogP contribution is 2.36. The maximum atomic E-state index is 12.2. The summed E-state index contributed by atoms with van der Waals surface area (Å²) in [5.41, 5.74) is 7.41. The number of carbonyl (C=O) groups is 2. The van der Waals surface area contributed by atoms with Crippen LogP contribution in [0.2, 0.25) is 0 Å². The van der Waals surface area contributed by atoms with Crippen LogP contribution in [-0.4, -0.2) is 42.3 Å². The van der Waals surface area contributed by atoms with Gasteiger partial charge in [0.15, 0.2) is 5.78 Å². The first kappa shape index (κ1) is 17.9. The van der Waals surface area contributed by atoms with E-state index in [2.05, 4.69) is 10.2 Å². The fourth-order valence-electron chi connectivity index (χ4n) is 3.75. The van der Waals surface area contributed by atoms with Crippen molar-refractivity contribution in [1.29, 1.82) is 0 Å². The summed E-state index contributed by atoms with van der Waals surface area (Å²) in [7, 11) is 0. The van der Waals surface area contributed by atoms with Crippen molar-refractivity contribution >= 4 is 29.8 Å². The SMILES string of the molecule is CC(=O)c1cccc(NC(=O)CN2CC3CCC(N)C3C2)c1.Cl. The molecule has 1 aliphatic heterocycles. The zero-order valence-corrected chi connectivity index (χ0v) is 14.1. The molecule has 2 fully saturated rings. The van der Waals surface area contributed by atoms with Crippen LogP contribution in [0, 0.1) is 11.8 Å². The lowest BCUT2D eigenvalue weighted by Crippen LogP contribution is -2.34. The summed E-state index contributed by atoms with van der Waals surface area (Å²) >= 11 is 0. The molecule has 1 aromatic rings. The Labute approximate surface area is 143 Å². The maximum absolute atomic E-state index is 12.2. The third-order valence-electron chi connectivity index (χ3n) is 4.91. The van der Waals surface area contributed by atoms with E-state index >= 15 is 0 Å². The number of nitrogens with two attached hydrogens (primary N) is 1. The second-order valence-electron chi connectivity index (χ2n) is 6.54. The van der Waals surface area contributed by atoms with Crippen molar-refractivity contribution in [2.75, 3.05) is 25.0 Å². The van der Waals surface area contributed by atoms with Gasteiger partial charge in [-0.15, -0.1) is 12.4 Å². The van der Waals surface area contributed by atoms with Crippen LogP contribution in [0.1, 0.15) is 30.1 Å². The van der Waals surface area contributed by atoms with E-state index < -0.39 is 0 Å². The number of carbonyl (C=O) groups excluding carboxylic acids is 2. The lowest BCUT2D eigenvalue weighted by Gasteiger charge is -2.18. The molecule has 3 rings (SSSR count). The average Bonchev–Trinajstić information content (AvgIpc) is 3.01. The van der Waals surface area contributed by atoms with Gasteiger partial charge in [0, 0.05) is 30.4 Å². The number of rotatable bonds is 4. The second-order valence-corrected chi connectivity index (χ2v) is 6.54. The van der Waals surface area contributed by atoms with E-state index in [1.165, 1.54) is 13.3 Å². The lowest BCUT2D eigenvalue weighted by molar-refractivity contribution is -0.117. The summed E-state index contributed by atoms with van der Waals surface area (Å²) in [6.07, 6.45) is 2.30. The van der Waals surface area contributed by atoms with Crippen LogP contribution >= 0.6 is 12.4 Å². The first-order valence-electron chi connectivity index (χ1n) is 7.91. The third kappa shape index (κ3) is 4.10. The number of nitrogens with zero attached hydrogens (tertiary/aromatic N) is 1. The molecule has 0 aromatic heterocycles. The smallest absolute Gasteiger partial charge is 0.238 e. The fourth-order valence-corrected chi connectivity index (χ4v) is 3.75. The van der Waals surface area contributed by atoms with Crippen molar-refractivity contribution in [3.63, 3.8) is 0 Å². The summed E-state index contributed by atoms with van der Waals surface area (Å²) in [6.45, 7) is 3.81. The van der Waals surface area contributed by atoms with Gasteiger partial charge in [-0.3, -0.25) is 14.5 Å². The monoisotopic (exact) mass is 337 g/mol. The minimum Gasteiger partial charge on any atom is -0.327 e. The van der Waals surface area contributed by atoms with Crippen molar-refractivity contribution in [3.05, 3.63) is 29.8 Å². The van der Waals surface area contributed by atoms with Crippen LogP contribution in [0.25, 0.3) is 0 Å². The van der Waals surface area contributed by atoms with Gasteiger partial charge in [-0.2, -0.15) is 0 Å². The fraction of sp³-hybridized carbons (Fsp3) is 0.529. The molecule has 3 atom stereocenters. The Kier molecular flexibility index (Phi) is 5.79. The number of benzene rings is 1. The van der Waals surface area contributed by atoms with E-state index in [1.54, 1.807) is 24.3 Å². The van der Waals surface area contributed by atoms with E-state index in [9.17, 15) is 9.59 Å². The van der Waals surface area contributed by atoms with E-state index in [0.29, 0.717) is 35.7 Å². The maximum Gasteiger partial charge on any atom is 0.238 e. The van der Waals surface area contributed by atoms with Crippen LogP contribution < -0.4 is 11.1 Å². The Hall–Kier alpha value is -1.43. The molecule has 6 heteroatoms. The molecule has 3 N–H and O–H groups in total. The van der Waals surface area contributed by atoms with Crippen molar-refractivity contribution in [2.45, 2.75) is 25.8 Å². The minimum atomic E-state index is -0.0331. The van der Waals surface area contributed by atoms with Crippen molar-refractivity contribution in [2.24, 2.45) is 17.6 Å². The van der Waals surface area contributed by atoms with Crippen LogP contribution in [0.5, 0.6) is 0 Å². The number of nitrogens with one attached hydrogen (secondary N) is 1. The molecule has 1 saturated heterocycles. The number of amides is 1. The predicted octanol–water partition coefficient (Wildman–Crippen LogP) is 1.92. The van der Waals surface area contributed by atoms with Crippen LogP contribution in [0.4, 0.5) is 5.69 Å². The normalized spacial score (nSPS) is 26.4. The van der Waals surface area contributed by atoms with Gasteiger partial charge >= 0.3 is 0 Å². The summed E-state index contributed by atoms with van der Waals surface area (Å²) in [5, 5.41) is 2.88. The summed E-state index contributed by atoms with van der Waals surface area (Å²) in [5.74, 6) is 1.17. The molecule has 1 saturated carbocycles. The number of halogens is 1. The van der Waals surface area contributed by atoms with Crippen molar-refractivity contribution in [1.82, 2.24) is 4.90 Å². The molecule has 2 aliphatic rings. The first-order valence-corrected chi connectivity index (χ1v) is 7.91. The van der Waals surface area contributed by atoms with Gasteiger partial charge in [-0.25, -0.2) is 0 Å². The number of hydrogen-bond donors (Lipinski definition) is 2. The molecule has 0 spiro atoms. The summed E-state index contributed by atoms with van der Waals surface area (Å²) in [6, 6.07) is 7.35. The second kappa shape index (κ2) is 7.43. The number of hydrogen-bond acceptors (Lipinski definition) is 4. The van der Waals surface area contributed by atoms with E-state index in [4.69, 9.17) is 5.73 Å². The lowest BCUT2D eigenvalue weighted by atomic mass is 9.98. The third-order valence-corrected chi connectivity index (χ3v) is 4.91. The van der Waals surface area contributed by atoms with Crippen LogP contribution in [0.15, 0.2) is 24.3 Å². The van der Waals surface area contributed by atoms with Crippen molar-refractivity contribution < 1.29 is 9.59 Å². The highest BCUT2D eigenvalue weighted by atomic mass is 35.5. The number of ketones is 1. The number of fused-ring (bicyclic) bond motifs is 1. The van der Waals surface area contributed by atoms with Gasteiger partial charge in [0.1, 0.15) is 0 Å². The Balaban J connectivity index is 0.00000192. The van der Waals surface area contributed by atoms with Crippen molar-refractivity contribution in [3.8, 4) is 0 Å². The van der Waals surface area contributed by atoms with Gasteiger partial charge < -0.3 is 11.1 Å². The molecule has 3 unspecified atom stereocenters. The topological polar surface area (TPSA) is 75.4 Å². The largest absolute Gasteiger partial charge is 0.327 e. The highest BCUT2D eigenvalue weighted by Gasteiger charge is 2.41. The molecular weight excluding hydrogens is 314 g/mol. The Bertz CT molecular complexity index is 593. The Morgan fingerprint density at radius 1 is 1.30 bits per heavy atom. The van der Waals surface area contributed by atoms with Gasteiger partial charge in [0.2, 0.25) is 5.91 Å². The molecular formula is C17H24ClN3O2. The molecule has 1 heterocycles. The standard InChI is InChI=1S/C17H23N3O2.ClH/c1-11(21)12-3-2-4-14(7-12)19-17(22)10-20-8-13-5-6-16(18)15(13)9-20;/h2-4,7,13,15-16H,5-6,8-10,18H2,1H3,(H,19,22);1H. The molecule has 23 heavy (non-hydrogen) atoms. The molecule has 1 aromatic carbocycles. The van der Waals surface area contributed by atoms with E-state index in [0.717, 1.165) is 19.5 Å². The van der Waals surface area contributed by atoms with Gasteiger partial charge in [-0.1, -0.05) is 12.1 Å².